The van der Waals surface area contributed by atoms with Crippen LogP contribution in [0.4, 0.5) is 0 Å². The fourth-order valence-corrected chi connectivity index (χ4v) is 3.62. The van der Waals surface area contributed by atoms with Crippen LogP contribution in [0.25, 0.3) is 11.6 Å². The zero-order chi connectivity index (χ0) is 16.6. The van der Waals surface area contributed by atoms with E-state index in [1.54, 1.807) is 0 Å². The van der Waals surface area contributed by atoms with Crippen molar-refractivity contribution in [2.45, 2.75) is 44.4 Å². The van der Waals surface area contributed by atoms with Crippen molar-refractivity contribution in [1.29, 1.82) is 0 Å². The van der Waals surface area contributed by atoms with Crippen LogP contribution in [0.15, 0.2) is 36.4 Å². The van der Waals surface area contributed by atoms with Crippen molar-refractivity contribution in [2.24, 2.45) is 0 Å². The predicted octanol–water partition coefficient (Wildman–Crippen LogP) is 4.36. The van der Waals surface area contributed by atoms with E-state index in [1.165, 1.54) is 21.6 Å². The Morgan fingerprint density at radius 1 is 1.13 bits per heavy atom. The maximum atomic E-state index is 10.8. The van der Waals surface area contributed by atoms with Gasteiger partial charge in [0.25, 0.3) is 0 Å². The van der Waals surface area contributed by atoms with Crippen LogP contribution in [0, 0.1) is 0 Å². The number of hydrogen-bond donors (Lipinski definition) is 1. The molecule has 2 heteroatoms. The first-order chi connectivity index (χ1) is 10.9. The van der Waals surface area contributed by atoms with Gasteiger partial charge in [-0.3, -0.25) is 0 Å². The summed E-state index contributed by atoms with van der Waals surface area (Å²) in [7, 11) is 0. The highest BCUT2D eigenvalue weighted by molar-refractivity contribution is 9.08. The third-order valence-corrected chi connectivity index (χ3v) is 5.17. The van der Waals surface area contributed by atoms with Crippen LogP contribution in [0.2, 0.25) is 0 Å². The van der Waals surface area contributed by atoms with Gasteiger partial charge in [-0.15, -0.1) is 0 Å². The van der Waals surface area contributed by atoms with Gasteiger partial charge in [-0.1, -0.05) is 73.1 Å². The lowest BCUT2D eigenvalue weighted by Gasteiger charge is -2.23. The third kappa shape index (κ3) is 3.10. The second kappa shape index (κ2) is 6.16. The third-order valence-electron chi connectivity index (χ3n) is 4.57. The van der Waals surface area contributed by atoms with Crippen molar-refractivity contribution in [2.75, 3.05) is 0 Å². The Morgan fingerprint density at radius 3 is 2.57 bits per heavy atom. The molecule has 0 amide bonds. The van der Waals surface area contributed by atoms with Crippen molar-refractivity contribution in [3.05, 3.63) is 63.5 Å². The van der Waals surface area contributed by atoms with Crippen LogP contribution < -0.4 is 10.4 Å². The summed E-state index contributed by atoms with van der Waals surface area (Å²) < 4.78 is 0. The minimum atomic E-state index is 0.0558. The van der Waals surface area contributed by atoms with Crippen LogP contribution in [-0.4, -0.2) is 5.11 Å². The molecule has 1 aliphatic rings. The molecule has 0 aromatic heterocycles. The van der Waals surface area contributed by atoms with Gasteiger partial charge < -0.3 is 5.11 Å². The minimum absolute atomic E-state index is 0.0558. The number of aromatic hydroxyl groups is 1. The number of alkyl halides is 1. The lowest BCUT2D eigenvalue weighted by molar-refractivity contribution is 0.467. The van der Waals surface area contributed by atoms with Gasteiger partial charge in [0.1, 0.15) is 5.75 Å². The van der Waals surface area contributed by atoms with E-state index in [-0.39, 0.29) is 5.41 Å². The molecule has 1 aliphatic carbocycles. The fourth-order valence-electron chi connectivity index (χ4n) is 3.20. The first-order valence-electron chi connectivity index (χ1n) is 8.13. The SMILES string of the molecule is CC(C)(C)c1cc(CBr)c(O)c(C2=c3ccccc3=CCC2)c1. The van der Waals surface area contributed by atoms with Gasteiger partial charge in [-0.05, 0) is 45.9 Å². The number of phenolic OH excluding ortho intramolecular Hbond substituents is 1. The molecule has 120 valence electrons. The molecule has 2 aromatic carbocycles. The van der Waals surface area contributed by atoms with Crippen LogP contribution in [0.5, 0.6) is 5.75 Å². The number of phenols is 1. The summed E-state index contributed by atoms with van der Waals surface area (Å²) in [4.78, 5) is 0. The molecule has 0 aliphatic heterocycles. The highest BCUT2D eigenvalue weighted by Gasteiger charge is 2.20. The molecule has 0 saturated heterocycles. The molecular weight excluding hydrogens is 348 g/mol. The number of fused-ring (bicyclic) bond motifs is 1. The van der Waals surface area contributed by atoms with Crippen LogP contribution in [0.3, 0.4) is 0 Å². The predicted molar refractivity (Wildman–Crippen MR) is 101 cm³/mol. The van der Waals surface area contributed by atoms with E-state index in [0.29, 0.717) is 11.1 Å². The Labute approximate surface area is 146 Å². The molecule has 0 spiro atoms. The molecule has 1 N–H and O–H groups in total. The zero-order valence-corrected chi connectivity index (χ0v) is 15.6. The van der Waals surface area contributed by atoms with Crippen LogP contribution in [-0.2, 0) is 10.7 Å². The van der Waals surface area contributed by atoms with Gasteiger partial charge in [0.05, 0.1) is 0 Å². The Balaban J connectivity index is 2.35. The summed E-state index contributed by atoms with van der Waals surface area (Å²) >= 11 is 3.52. The summed E-state index contributed by atoms with van der Waals surface area (Å²) in [6.45, 7) is 6.65. The average molecular weight is 371 g/mol. The quantitative estimate of drug-likeness (QED) is 0.778. The molecule has 2 aromatic rings. The monoisotopic (exact) mass is 370 g/mol. The van der Waals surface area contributed by atoms with E-state index in [2.05, 4.69) is 79.2 Å². The molecule has 0 atom stereocenters. The van der Waals surface area contributed by atoms with Gasteiger partial charge in [0, 0.05) is 16.5 Å². The van der Waals surface area contributed by atoms with Gasteiger partial charge in [0.15, 0.2) is 0 Å². The highest BCUT2D eigenvalue weighted by atomic mass is 79.9. The summed E-state index contributed by atoms with van der Waals surface area (Å²) in [6.07, 6.45) is 4.28. The summed E-state index contributed by atoms with van der Waals surface area (Å²) in [6, 6.07) is 12.8. The molecule has 1 nitrogen and oxygen atoms in total. The van der Waals surface area contributed by atoms with Crippen LogP contribution >= 0.6 is 15.9 Å². The maximum Gasteiger partial charge on any atom is 0.127 e. The molecule has 23 heavy (non-hydrogen) atoms. The molecule has 3 rings (SSSR count). The smallest absolute Gasteiger partial charge is 0.127 e. The molecule has 0 fully saturated rings. The van der Waals surface area contributed by atoms with E-state index in [1.807, 2.05) is 0 Å². The van der Waals surface area contributed by atoms with Crippen molar-refractivity contribution in [3.63, 3.8) is 0 Å². The van der Waals surface area contributed by atoms with Crippen molar-refractivity contribution in [3.8, 4) is 5.75 Å². The molecule has 0 radical (unpaired) electrons. The topological polar surface area (TPSA) is 20.2 Å². The number of rotatable bonds is 2. The second-order valence-electron chi connectivity index (χ2n) is 7.22. The van der Waals surface area contributed by atoms with Crippen molar-refractivity contribution in [1.82, 2.24) is 0 Å². The van der Waals surface area contributed by atoms with Gasteiger partial charge in [-0.2, -0.15) is 0 Å². The minimum Gasteiger partial charge on any atom is -0.507 e. The normalized spacial score (nSPS) is 14.3. The molecule has 0 unspecified atom stereocenters. The van der Waals surface area contributed by atoms with Crippen LogP contribution in [0.1, 0.15) is 50.3 Å². The average Bonchev–Trinajstić information content (AvgIpc) is 2.53. The molecule has 0 heterocycles. The fraction of sp³-hybridized carbons (Fsp3) is 0.333. The lowest BCUT2D eigenvalue weighted by atomic mass is 9.82. The standard InChI is InChI=1S/C21H23BrO/c1-21(2,3)16-11-15(13-22)20(23)19(12-16)18-10-6-8-14-7-4-5-9-17(14)18/h4-5,7-9,11-12,23H,6,10,13H2,1-3H3. The highest BCUT2D eigenvalue weighted by Crippen LogP contribution is 2.36. The second-order valence-corrected chi connectivity index (χ2v) is 7.78. The zero-order valence-electron chi connectivity index (χ0n) is 14.0. The Hall–Kier alpha value is -1.54. The number of halogens is 1. The lowest BCUT2D eigenvalue weighted by Crippen LogP contribution is -2.29. The Kier molecular flexibility index (Phi) is 4.37. The maximum absolute atomic E-state index is 10.8. The largest absolute Gasteiger partial charge is 0.507 e. The van der Waals surface area contributed by atoms with E-state index < -0.39 is 0 Å². The first kappa shape index (κ1) is 16.3. The molecular formula is C21H23BrO. The molecule has 0 bridgehead atoms. The first-order valence-corrected chi connectivity index (χ1v) is 9.25. The number of hydrogen-bond acceptors (Lipinski definition) is 1. The summed E-state index contributed by atoms with van der Waals surface area (Å²) in [5, 5.41) is 14.0. The molecule has 0 saturated carbocycles. The summed E-state index contributed by atoms with van der Waals surface area (Å²) in [5.41, 5.74) is 4.54. The van der Waals surface area contributed by atoms with Crippen molar-refractivity contribution < 1.29 is 5.11 Å². The van der Waals surface area contributed by atoms with Gasteiger partial charge in [0.2, 0.25) is 0 Å². The Morgan fingerprint density at radius 2 is 1.87 bits per heavy atom. The van der Waals surface area contributed by atoms with E-state index >= 15 is 0 Å². The van der Waals surface area contributed by atoms with Gasteiger partial charge >= 0.3 is 0 Å². The van der Waals surface area contributed by atoms with E-state index in [4.69, 9.17) is 0 Å². The van der Waals surface area contributed by atoms with E-state index in [0.717, 1.165) is 24.0 Å². The number of benzene rings is 2. The van der Waals surface area contributed by atoms with E-state index in [9.17, 15) is 5.11 Å². The Bertz CT molecular complexity index is 856. The van der Waals surface area contributed by atoms with Crippen molar-refractivity contribution >= 4 is 27.6 Å². The summed E-state index contributed by atoms with van der Waals surface area (Å²) in [5.74, 6) is 0.418. The van der Waals surface area contributed by atoms with Gasteiger partial charge in [-0.25, -0.2) is 0 Å².